The minimum atomic E-state index is -0.388. The number of hydrogen-bond acceptors (Lipinski definition) is 2. The van der Waals surface area contributed by atoms with Crippen LogP contribution in [0.5, 0.6) is 0 Å². The first-order valence-electron chi connectivity index (χ1n) is 4.59. The lowest BCUT2D eigenvalue weighted by atomic mass is 10.3. The molecule has 0 bridgehead atoms. The van der Waals surface area contributed by atoms with E-state index in [0.29, 0.717) is 0 Å². The van der Waals surface area contributed by atoms with Crippen LogP contribution in [0.4, 0.5) is 0 Å². The van der Waals surface area contributed by atoms with Gasteiger partial charge >= 0.3 is 0 Å². The van der Waals surface area contributed by atoms with Gasteiger partial charge in [-0.15, -0.1) is 0 Å². The third kappa shape index (κ3) is 1.04. The van der Waals surface area contributed by atoms with E-state index in [4.69, 9.17) is 0 Å². The van der Waals surface area contributed by atoms with Gasteiger partial charge in [-0.05, 0) is 24.6 Å². The van der Waals surface area contributed by atoms with E-state index in [9.17, 15) is 5.11 Å². The highest BCUT2D eigenvalue weighted by molar-refractivity contribution is 9.10. The van der Waals surface area contributed by atoms with Gasteiger partial charge < -0.3 is 9.67 Å². The quantitative estimate of drug-likeness (QED) is 0.781. The van der Waals surface area contributed by atoms with Crippen molar-refractivity contribution in [3.63, 3.8) is 0 Å². The monoisotopic (exact) mass is 252 g/mol. The van der Waals surface area contributed by atoms with E-state index in [1.165, 1.54) is 0 Å². The highest BCUT2D eigenvalue weighted by atomic mass is 79.9. The maximum atomic E-state index is 9.66. The molecule has 2 heterocycles. The summed E-state index contributed by atoms with van der Waals surface area (Å²) >= 11 is 3.41. The number of benzene rings is 1. The van der Waals surface area contributed by atoms with Crippen molar-refractivity contribution in [3.8, 4) is 0 Å². The molecule has 1 atom stereocenters. The van der Waals surface area contributed by atoms with Crippen LogP contribution < -0.4 is 0 Å². The van der Waals surface area contributed by atoms with Crippen molar-refractivity contribution in [2.45, 2.75) is 19.1 Å². The second-order valence-corrected chi connectivity index (χ2v) is 4.47. The molecule has 3 rings (SSSR count). The van der Waals surface area contributed by atoms with Crippen LogP contribution in [-0.2, 0) is 6.54 Å². The molecular weight excluding hydrogens is 244 g/mol. The summed E-state index contributed by atoms with van der Waals surface area (Å²) in [4.78, 5) is 4.42. The predicted octanol–water partition coefficient (Wildman–Crippen LogP) is 2.24. The summed E-state index contributed by atoms with van der Waals surface area (Å²) < 4.78 is 3.11. The molecule has 1 aromatic heterocycles. The number of aliphatic hydroxyl groups is 1. The van der Waals surface area contributed by atoms with Crippen LogP contribution >= 0.6 is 15.9 Å². The molecule has 0 fully saturated rings. The van der Waals surface area contributed by atoms with E-state index < -0.39 is 0 Å². The lowest BCUT2D eigenvalue weighted by Crippen LogP contribution is -1.93. The van der Waals surface area contributed by atoms with E-state index in [-0.39, 0.29) is 6.10 Å². The Balaban J connectivity index is 2.34. The van der Waals surface area contributed by atoms with E-state index in [2.05, 4.69) is 25.5 Å². The number of imidazole rings is 1. The van der Waals surface area contributed by atoms with Crippen molar-refractivity contribution in [1.82, 2.24) is 9.55 Å². The topological polar surface area (TPSA) is 38.0 Å². The molecule has 3 nitrogen and oxygen atoms in total. The van der Waals surface area contributed by atoms with Crippen molar-refractivity contribution < 1.29 is 5.11 Å². The lowest BCUT2D eigenvalue weighted by Gasteiger charge is -1.96. The van der Waals surface area contributed by atoms with Crippen LogP contribution in [0.15, 0.2) is 22.7 Å². The Morgan fingerprint density at radius 3 is 3.21 bits per heavy atom. The maximum Gasteiger partial charge on any atom is 0.138 e. The average molecular weight is 253 g/mol. The van der Waals surface area contributed by atoms with Crippen LogP contribution in [-0.4, -0.2) is 14.7 Å². The van der Waals surface area contributed by atoms with Gasteiger partial charge in [-0.3, -0.25) is 0 Å². The second kappa shape index (κ2) is 2.81. The number of nitrogens with zero attached hydrogens (tertiary/aromatic N) is 2. The zero-order chi connectivity index (χ0) is 9.71. The maximum absolute atomic E-state index is 9.66. The van der Waals surface area contributed by atoms with Gasteiger partial charge in [0.15, 0.2) is 0 Å². The van der Waals surface area contributed by atoms with Crippen molar-refractivity contribution in [3.05, 3.63) is 28.5 Å². The molecular formula is C10H9BrN2O. The minimum absolute atomic E-state index is 0.388. The highest BCUT2D eigenvalue weighted by Gasteiger charge is 2.24. The summed E-state index contributed by atoms with van der Waals surface area (Å²) in [5.74, 6) is 0.804. The minimum Gasteiger partial charge on any atom is -0.385 e. The third-order valence-corrected chi connectivity index (χ3v) is 3.16. The van der Waals surface area contributed by atoms with Crippen molar-refractivity contribution in [2.75, 3.05) is 0 Å². The Morgan fingerprint density at radius 2 is 2.36 bits per heavy atom. The van der Waals surface area contributed by atoms with E-state index in [1.807, 2.05) is 18.2 Å². The molecule has 14 heavy (non-hydrogen) atoms. The van der Waals surface area contributed by atoms with Gasteiger partial charge in [0.05, 0.1) is 11.0 Å². The number of aliphatic hydroxyl groups excluding tert-OH is 1. The molecule has 0 aliphatic carbocycles. The van der Waals surface area contributed by atoms with E-state index >= 15 is 0 Å². The Bertz CT molecular complexity index is 506. The number of rotatable bonds is 0. The Kier molecular flexibility index (Phi) is 1.69. The highest BCUT2D eigenvalue weighted by Crippen LogP contribution is 2.30. The van der Waals surface area contributed by atoms with Gasteiger partial charge in [0.2, 0.25) is 0 Å². The lowest BCUT2D eigenvalue weighted by molar-refractivity contribution is 0.176. The second-order valence-electron chi connectivity index (χ2n) is 3.56. The fraction of sp³-hybridized carbons (Fsp3) is 0.300. The molecule has 2 aromatic rings. The molecule has 0 saturated heterocycles. The van der Waals surface area contributed by atoms with E-state index in [1.54, 1.807) is 0 Å². The molecule has 4 heteroatoms. The summed E-state index contributed by atoms with van der Waals surface area (Å²) in [6, 6.07) is 6.02. The van der Waals surface area contributed by atoms with Crippen molar-refractivity contribution in [1.29, 1.82) is 0 Å². The largest absolute Gasteiger partial charge is 0.385 e. The summed E-state index contributed by atoms with van der Waals surface area (Å²) in [6.07, 6.45) is 0.398. The summed E-state index contributed by atoms with van der Waals surface area (Å²) in [6.45, 7) is 0.870. The number of halogens is 1. The number of aromatic nitrogens is 2. The molecule has 1 aliphatic heterocycles. The third-order valence-electron chi connectivity index (χ3n) is 2.66. The molecule has 0 saturated carbocycles. The molecule has 72 valence electrons. The molecule has 0 amide bonds. The number of aryl methyl sites for hydroxylation is 1. The molecule has 1 N–H and O–H groups in total. The Labute approximate surface area is 89.5 Å². The summed E-state index contributed by atoms with van der Waals surface area (Å²) in [5, 5.41) is 9.66. The summed E-state index contributed by atoms with van der Waals surface area (Å²) in [5.41, 5.74) is 2.06. The number of hydrogen-bond donors (Lipinski definition) is 1. The summed E-state index contributed by atoms with van der Waals surface area (Å²) in [7, 11) is 0. The average Bonchev–Trinajstić information content (AvgIpc) is 2.66. The molecule has 1 aromatic carbocycles. The van der Waals surface area contributed by atoms with Gasteiger partial charge in [0.1, 0.15) is 11.9 Å². The standard InChI is InChI=1S/C10H9BrN2O/c11-6-1-2-8-7(5-6)12-10-9(14)3-4-13(8)10/h1-2,5,9,14H,3-4H2. The van der Waals surface area contributed by atoms with Crippen molar-refractivity contribution in [2.24, 2.45) is 0 Å². The molecule has 0 radical (unpaired) electrons. The Morgan fingerprint density at radius 1 is 1.50 bits per heavy atom. The van der Waals surface area contributed by atoms with Crippen LogP contribution in [0.2, 0.25) is 0 Å². The number of fused-ring (bicyclic) bond motifs is 3. The van der Waals surface area contributed by atoms with E-state index in [0.717, 1.165) is 34.3 Å². The van der Waals surface area contributed by atoms with Crippen LogP contribution in [0.1, 0.15) is 18.3 Å². The van der Waals surface area contributed by atoms with Gasteiger partial charge in [-0.2, -0.15) is 0 Å². The molecule has 1 aliphatic rings. The fourth-order valence-electron chi connectivity index (χ4n) is 1.99. The zero-order valence-electron chi connectivity index (χ0n) is 7.44. The van der Waals surface area contributed by atoms with Gasteiger partial charge in [0.25, 0.3) is 0 Å². The van der Waals surface area contributed by atoms with Gasteiger partial charge in [-0.25, -0.2) is 4.98 Å². The Hall–Kier alpha value is -0.870. The van der Waals surface area contributed by atoms with Crippen molar-refractivity contribution >= 4 is 27.0 Å². The molecule has 1 unspecified atom stereocenters. The first-order chi connectivity index (χ1) is 6.75. The normalized spacial score (nSPS) is 20.3. The first-order valence-corrected chi connectivity index (χ1v) is 5.39. The SMILES string of the molecule is OC1CCn2c1nc1cc(Br)ccc12. The fourth-order valence-corrected chi connectivity index (χ4v) is 2.34. The van der Waals surface area contributed by atoms with Crippen LogP contribution in [0, 0.1) is 0 Å². The van der Waals surface area contributed by atoms with Gasteiger partial charge in [-0.1, -0.05) is 15.9 Å². The first kappa shape index (κ1) is 8.44. The van der Waals surface area contributed by atoms with Crippen LogP contribution in [0.3, 0.4) is 0 Å². The predicted molar refractivity (Wildman–Crippen MR) is 57.0 cm³/mol. The van der Waals surface area contributed by atoms with Crippen LogP contribution in [0.25, 0.3) is 11.0 Å². The molecule has 0 spiro atoms. The smallest absolute Gasteiger partial charge is 0.138 e. The zero-order valence-corrected chi connectivity index (χ0v) is 9.03. The van der Waals surface area contributed by atoms with Gasteiger partial charge in [0, 0.05) is 11.0 Å².